The van der Waals surface area contributed by atoms with Gasteiger partial charge in [0.1, 0.15) is 0 Å². The maximum Gasteiger partial charge on any atom is 0.196 e. The summed E-state index contributed by atoms with van der Waals surface area (Å²) < 4.78 is 0. The number of nitrogens with zero attached hydrogens (tertiary/aromatic N) is 3. The van der Waals surface area contributed by atoms with Gasteiger partial charge < -0.3 is 10.6 Å². The summed E-state index contributed by atoms with van der Waals surface area (Å²) in [5.41, 5.74) is 3.50. The van der Waals surface area contributed by atoms with Gasteiger partial charge in [0.2, 0.25) is 0 Å². The number of rotatable bonds is 2. The first-order valence-corrected chi connectivity index (χ1v) is 6.72. The van der Waals surface area contributed by atoms with Crippen LogP contribution in [-0.2, 0) is 0 Å². The minimum absolute atomic E-state index is 0.0401. The van der Waals surface area contributed by atoms with Crippen LogP contribution in [-0.4, -0.2) is 37.4 Å². The molecule has 0 radical (unpaired) electrons. The third-order valence-electron chi connectivity index (χ3n) is 3.58. The van der Waals surface area contributed by atoms with Gasteiger partial charge in [-0.05, 0) is 12.5 Å². The van der Waals surface area contributed by atoms with Crippen LogP contribution in [0.15, 0.2) is 40.7 Å². The highest BCUT2D eigenvalue weighted by Gasteiger charge is 2.23. The van der Waals surface area contributed by atoms with Gasteiger partial charge in [-0.25, -0.2) is 0 Å². The van der Waals surface area contributed by atoms with Crippen LogP contribution in [0.2, 0.25) is 0 Å². The number of hydrogen-bond donors (Lipinski definition) is 2. The first-order valence-electron chi connectivity index (χ1n) is 6.72. The Morgan fingerprint density at radius 3 is 2.79 bits per heavy atom. The van der Waals surface area contributed by atoms with Gasteiger partial charge in [-0.3, -0.25) is 4.90 Å². The van der Waals surface area contributed by atoms with E-state index in [0.717, 1.165) is 31.9 Å². The maximum atomic E-state index is 4.29. The topological polar surface area (TPSA) is 52.0 Å². The van der Waals surface area contributed by atoms with E-state index in [0.29, 0.717) is 0 Å². The van der Waals surface area contributed by atoms with Crippen molar-refractivity contribution in [3.63, 3.8) is 0 Å². The molecule has 0 aliphatic carbocycles. The summed E-state index contributed by atoms with van der Waals surface area (Å²) in [6.07, 6.45) is 1.77. The molecular formula is C14H19N5. The molecule has 0 bridgehead atoms. The van der Waals surface area contributed by atoms with Gasteiger partial charge >= 0.3 is 0 Å². The van der Waals surface area contributed by atoms with Crippen LogP contribution in [0.5, 0.6) is 0 Å². The second-order valence-electron chi connectivity index (χ2n) is 4.89. The van der Waals surface area contributed by atoms with Crippen molar-refractivity contribution >= 4 is 5.70 Å². The predicted molar refractivity (Wildman–Crippen MR) is 75.4 cm³/mol. The highest BCUT2D eigenvalue weighted by Crippen LogP contribution is 2.20. The number of azo groups is 1. The molecule has 1 aromatic rings. The van der Waals surface area contributed by atoms with Gasteiger partial charge in [0, 0.05) is 31.7 Å². The van der Waals surface area contributed by atoms with Crippen molar-refractivity contribution in [2.75, 3.05) is 26.2 Å². The Morgan fingerprint density at radius 1 is 1.21 bits per heavy atom. The molecule has 1 fully saturated rings. The average molecular weight is 257 g/mol. The summed E-state index contributed by atoms with van der Waals surface area (Å²) in [4.78, 5) is 2.31. The van der Waals surface area contributed by atoms with E-state index >= 15 is 0 Å². The zero-order valence-electron chi connectivity index (χ0n) is 11.1. The molecule has 5 nitrogen and oxygen atoms in total. The van der Waals surface area contributed by atoms with Crippen molar-refractivity contribution in [2.24, 2.45) is 10.2 Å². The smallest absolute Gasteiger partial charge is 0.196 e. The third-order valence-corrected chi connectivity index (χ3v) is 3.58. The minimum atomic E-state index is -0.0401. The molecule has 0 amide bonds. The average Bonchev–Trinajstić information content (AvgIpc) is 2.49. The summed E-state index contributed by atoms with van der Waals surface area (Å²) in [5.74, 6) is 0. The fourth-order valence-corrected chi connectivity index (χ4v) is 2.47. The molecule has 100 valence electrons. The first-order chi connectivity index (χ1) is 9.34. The zero-order chi connectivity index (χ0) is 13.1. The normalized spacial score (nSPS) is 23.8. The zero-order valence-corrected chi connectivity index (χ0v) is 11.1. The first kappa shape index (κ1) is 12.3. The summed E-state index contributed by atoms with van der Waals surface area (Å²) in [6.45, 7) is 6.13. The number of nitrogens with one attached hydrogen (secondary N) is 2. The number of piperazine rings is 1. The van der Waals surface area contributed by atoms with Crippen molar-refractivity contribution < 1.29 is 0 Å². The van der Waals surface area contributed by atoms with Crippen LogP contribution in [0.3, 0.4) is 0 Å². The van der Waals surface area contributed by atoms with Crippen LogP contribution in [0.4, 0.5) is 0 Å². The molecule has 2 heterocycles. The van der Waals surface area contributed by atoms with Gasteiger partial charge in [0.25, 0.3) is 0 Å². The Bertz CT molecular complexity index is 502. The van der Waals surface area contributed by atoms with Crippen molar-refractivity contribution in [1.29, 1.82) is 0 Å². The van der Waals surface area contributed by atoms with Crippen LogP contribution in [0.25, 0.3) is 5.70 Å². The van der Waals surface area contributed by atoms with Crippen molar-refractivity contribution in [3.05, 3.63) is 41.6 Å². The van der Waals surface area contributed by atoms with Crippen LogP contribution in [0.1, 0.15) is 11.1 Å². The predicted octanol–water partition coefficient (Wildman–Crippen LogP) is 1.54. The van der Waals surface area contributed by atoms with E-state index in [1.807, 2.05) is 0 Å². The quantitative estimate of drug-likeness (QED) is 0.845. The van der Waals surface area contributed by atoms with Crippen LogP contribution >= 0.6 is 0 Å². The van der Waals surface area contributed by atoms with Crippen LogP contribution < -0.4 is 10.6 Å². The number of benzene rings is 1. The van der Waals surface area contributed by atoms with Crippen molar-refractivity contribution in [3.8, 4) is 0 Å². The summed E-state index contributed by atoms with van der Waals surface area (Å²) in [7, 11) is 0. The molecule has 2 aliphatic heterocycles. The monoisotopic (exact) mass is 257 g/mol. The van der Waals surface area contributed by atoms with Crippen molar-refractivity contribution in [2.45, 2.75) is 13.2 Å². The molecule has 1 aromatic carbocycles. The molecule has 0 saturated carbocycles. The number of aryl methyl sites for hydroxylation is 1. The van der Waals surface area contributed by atoms with E-state index in [-0.39, 0.29) is 6.29 Å². The lowest BCUT2D eigenvalue weighted by Crippen LogP contribution is -2.52. The van der Waals surface area contributed by atoms with Gasteiger partial charge in [0.15, 0.2) is 6.29 Å². The Morgan fingerprint density at radius 2 is 2.00 bits per heavy atom. The van der Waals surface area contributed by atoms with Gasteiger partial charge in [-0.2, -0.15) is 5.11 Å². The molecule has 1 unspecified atom stereocenters. The molecule has 2 aliphatic rings. The summed E-state index contributed by atoms with van der Waals surface area (Å²) >= 11 is 0. The van der Waals surface area contributed by atoms with Crippen LogP contribution in [0, 0.1) is 6.92 Å². The fraction of sp³-hybridized carbons (Fsp3) is 0.429. The lowest BCUT2D eigenvalue weighted by Gasteiger charge is -2.34. The fourth-order valence-electron chi connectivity index (χ4n) is 2.47. The molecule has 3 rings (SSSR count). The maximum absolute atomic E-state index is 4.29. The lowest BCUT2D eigenvalue weighted by atomic mass is 10.1. The van der Waals surface area contributed by atoms with E-state index in [1.165, 1.54) is 11.1 Å². The second kappa shape index (κ2) is 5.50. The van der Waals surface area contributed by atoms with Gasteiger partial charge in [-0.15, -0.1) is 5.11 Å². The third kappa shape index (κ3) is 2.67. The Hall–Kier alpha value is -1.72. The Kier molecular flexibility index (Phi) is 3.57. The highest BCUT2D eigenvalue weighted by molar-refractivity contribution is 5.66. The number of hydrogen-bond acceptors (Lipinski definition) is 5. The molecule has 5 heteroatoms. The van der Waals surface area contributed by atoms with E-state index < -0.39 is 0 Å². The van der Waals surface area contributed by atoms with Gasteiger partial charge in [-0.1, -0.05) is 24.3 Å². The van der Waals surface area contributed by atoms with E-state index in [9.17, 15) is 0 Å². The minimum Gasteiger partial charge on any atom is -0.348 e. The Balaban J connectivity index is 1.76. The molecule has 2 N–H and O–H groups in total. The molecule has 1 atom stereocenters. The largest absolute Gasteiger partial charge is 0.348 e. The SMILES string of the molecule is Cc1ccccc1C1=CN=NC(N2CCNCC2)N1. The molecule has 0 spiro atoms. The molecule has 19 heavy (non-hydrogen) atoms. The summed E-state index contributed by atoms with van der Waals surface area (Å²) in [5, 5.41) is 15.3. The second-order valence-corrected chi connectivity index (χ2v) is 4.89. The standard InChI is InChI=1S/C14H19N5/c1-11-4-2-3-5-12(11)13-10-16-18-14(17-13)19-8-6-15-7-9-19/h2-5,10,14-15,17H,6-9H2,1H3. The van der Waals surface area contributed by atoms with E-state index in [1.54, 1.807) is 6.20 Å². The Labute approximate surface area is 113 Å². The van der Waals surface area contributed by atoms with E-state index in [2.05, 4.69) is 57.0 Å². The summed E-state index contributed by atoms with van der Waals surface area (Å²) in [6, 6.07) is 8.33. The van der Waals surface area contributed by atoms with E-state index in [4.69, 9.17) is 0 Å². The lowest BCUT2D eigenvalue weighted by molar-refractivity contribution is 0.157. The molecule has 1 saturated heterocycles. The van der Waals surface area contributed by atoms with Crippen molar-refractivity contribution in [1.82, 2.24) is 15.5 Å². The molecular weight excluding hydrogens is 238 g/mol. The van der Waals surface area contributed by atoms with Gasteiger partial charge in [0.05, 0.1) is 11.9 Å². The highest BCUT2D eigenvalue weighted by atomic mass is 15.4. The molecule has 0 aromatic heterocycles.